The quantitative estimate of drug-likeness (QED) is 0.581. The molecule has 1 aliphatic carbocycles. The third kappa shape index (κ3) is 3.16. The van der Waals surface area contributed by atoms with Crippen LogP contribution in [0.5, 0.6) is 12.0 Å². The van der Waals surface area contributed by atoms with Gasteiger partial charge in [0.25, 0.3) is 0 Å². The Labute approximate surface area is 99.7 Å². The minimum absolute atomic E-state index is 0.0143. The molecule has 1 aromatic rings. The van der Waals surface area contributed by atoms with Crippen molar-refractivity contribution in [3.8, 4) is 12.0 Å². The van der Waals surface area contributed by atoms with Gasteiger partial charge < -0.3 is 9.47 Å². The fourth-order valence-corrected chi connectivity index (χ4v) is 1.36. The Morgan fingerprint density at radius 2 is 1.94 bits per heavy atom. The van der Waals surface area contributed by atoms with Gasteiger partial charge in [0.1, 0.15) is 6.10 Å². The molecule has 0 unspecified atom stereocenters. The molecule has 2 rings (SSSR count). The van der Waals surface area contributed by atoms with Crippen LogP contribution in [0.4, 0.5) is 5.95 Å². The minimum Gasteiger partial charge on any atom is -0.461 e. The number of aromatic nitrogens is 3. The third-order valence-electron chi connectivity index (χ3n) is 2.39. The van der Waals surface area contributed by atoms with Crippen LogP contribution in [0.2, 0.25) is 0 Å². The Morgan fingerprint density at radius 3 is 2.47 bits per heavy atom. The van der Waals surface area contributed by atoms with E-state index in [0.717, 1.165) is 12.8 Å². The third-order valence-corrected chi connectivity index (χ3v) is 2.39. The average molecular weight is 239 g/mol. The first-order chi connectivity index (χ1) is 8.17. The lowest BCUT2D eigenvalue weighted by Gasteiger charge is -2.25. The second-order valence-corrected chi connectivity index (χ2v) is 4.21. The number of rotatable bonds is 5. The SMILES string of the molecule is CC(C)Oc1nc(NN)nc(OC2CCC2)n1. The summed E-state index contributed by atoms with van der Waals surface area (Å²) in [7, 11) is 0. The highest BCUT2D eigenvalue weighted by molar-refractivity contribution is 5.25. The Morgan fingerprint density at radius 1 is 1.24 bits per heavy atom. The number of nitrogens with zero attached hydrogens (tertiary/aromatic N) is 3. The predicted octanol–water partition coefficient (Wildman–Crippen LogP) is 0.876. The number of hydrogen-bond acceptors (Lipinski definition) is 7. The van der Waals surface area contributed by atoms with Crippen LogP contribution in [0.25, 0.3) is 0 Å². The van der Waals surface area contributed by atoms with Gasteiger partial charge in [0.2, 0.25) is 5.95 Å². The summed E-state index contributed by atoms with van der Waals surface area (Å²) in [4.78, 5) is 12.1. The topological polar surface area (TPSA) is 95.2 Å². The summed E-state index contributed by atoms with van der Waals surface area (Å²) < 4.78 is 11.0. The van der Waals surface area contributed by atoms with Crippen molar-refractivity contribution in [1.29, 1.82) is 0 Å². The molecule has 0 saturated heterocycles. The van der Waals surface area contributed by atoms with Gasteiger partial charge in [-0.05, 0) is 33.1 Å². The largest absolute Gasteiger partial charge is 0.461 e. The Kier molecular flexibility index (Phi) is 3.58. The van der Waals surface area contributed by atoms with Crippen LogP contribution in [0.3, 0.4) is 0 Å². The number of nitrogens with two attached hydrogens (primary N) is 1. The fraction of sp³-hybridized carbons (Fsp3) is 0.700. The van der Waals surface area contributed by atoms with Crippen LogP contribution in [0.15, 0.2) is 0 Å². The number of hydrogen-bond donors (Lipinski definition) is 2. The second kappa shape index (κ2) is 5.13. The molecule has 7 nitrogen and oxygen atoms in total. The summed E-state index contributed by atoms with van der Waals surface area (Å²) in [5.74, 6) is 5.52. The number of nitrogens with one attached hydrogen (secondary N) is 1. The lowest BCUT2D eigenvalue weighted by atomic mass is 9.96. The zero-order chi connectivity index (χ0) is 12.3. The van der Waals surface area contributed by atoms with Gasteiger partial charge in [0.05, 0.1) is 6.10 Å². The molecular formula is C10H17N5O2. The predicted molar refractivity (Wildman–Crippen MR) is 61.7 cm³/mol. The van der Waals surface area contributed by atoms with E-state index in [2.05, 4.69) is 20.4 Å². The van der Waals surface area contributed by atoms with Crippen molar-refractivity contribution in [2.45, 2.75) is 45.3 Å². The maximum absolute atomic E-state index is 5.58. The van der Waals surface area contributed by atoms with Crippen molar-refractivity contribution in [3.05, 3.63) is 0 Å². The van der Waals surface area contributed by atoms with Crippen molar-refractivity contribution >= 4 is 5.95 Å². The Bertz CT molecular complexity index is 381. The van der Waals surface area contributed by atoms with E-state index in [1.54, 1.807) is 0 Å². The molecular weight excluding hydrogens is 222 g/mol. The summed E-state index contributed by atoms with van der Waals surface area (Å²) in [6, 6.07) is 0.477. The molecule has 1 fully saturated rings. The Balaban J connectivity index is 2.12. The van der Waals surface area contributed by atoms with Crippen LogP contribution in [0, 0.1) is 0 Å². The number of nitrogen functional groups attached to an aromatic ring is 1. The van der Waals surface area contributed by atoms with Crippen LogP contribution in [-0.2, 0) is 0 Å². The van der Waals surface area contributed by atoms with Gasteiger partial charge in [-0.1, -0.05) is 0 Å². The van der Waals surface area contributed by atoms with E-state index in [0.29, 0.717) is 0 Å². The molecule has 0 aliphatic heterocycles. The normalized spacial score (nSPS) is 15.5. The van der Waals surface area contributed by atoms with Crippen molar-refractivity contribution in [3.63, 3.8) is 0 Å². The van der Waals surface area contributed by atoms with E-state index in [9.17, 15) is 0 Å². The molecule has 1 heterocycles. The summed E-state index contributed by atoms with van der Waals surface area (Å²) in [5, 5.41) is 0. The molecule has 0 radical (unpaired) electrons. The van der Waals surface area contributed by atoms with E-state index in [-0.39, 0.29) is 30.2 Å². The highest BCUT2D eigenvalue weighted by atomic mass is 16.5. The Hall–Kier alpha value is -1.63. The molecule has 0 spiro atoms. The maximum atomic E-state index is 5.58. The van der Waals surface area contributed by atoms with Gasteiger partial charge in [-0.2, -0.15) is 9.97 Å². The van der Waals surface area contributed by atoms with E-state index in [1.807, 2.05) is 13.8 Å². The lowest BCUT2D eigenvalue weighted by molar-refractivity contribution is 0.105. The fourth-order valence-electron chi connectivity index (χ4n) is 1.36. The molecule has 0 atom stereocenters. The first kappa shape index (κ1) is 11.8. The van der Waals surface area contributed by atoms with Gasteiger partial charge in [-0.25, -0.2) is 5.84 Å². The van der Waals surface area contributed by atoms with Crippen molar-refractivity contribution in [2.24, 2.45) is 5.84 Å². The summed E-state index contributed by atoms with van der Waals surface area (Å²) in [5.41, 5.74) is 2.37. The average Bonchev–Trinajstić information content (AvgIpc) is 2.22. The van der Waals surface area contributed by atoms with Crippen molar-refractivity contribution < 1.29 is 9.47 Å². The standard InChI is InChI=1S/C10H17N5O2/c1-6(2)16-9-12-8(15-11)13-10(14-9)17-7-4-3-5-7/h6-7H,3-5,11H2,1-2H3,(H,12,13,14,15). The van der Waals surface area contributed by atoms with E-state index < -0.39 is 0 Å². The van der Waals surface area contributed by atoms with Crippen molar-refractivity contribution in [1.82, 2.24) is 15.0 Å². The van der Waals surface area contributed by atoms with Gasteiger partial charge in [-0.15, -0.1) is 4.98 Å². The van der Waals surface area contributed by atoms with Gasteiger partial charge in [-0.3, -0.25) is 5.43 Å². The molecule has 1 aliphatic rings. The minimum atomic E-state index is -0.0143. The van der Waals surface area contributed by atoms with E-state index in [1.165, 1.54) is 6.42 Å². The first-order valence-electron chi connectivity index (χ1n) is 5.73. The molecule has 0 aromatic carbocycles. The second-order valence-electron chi connectivity index (χ2n) is 4.21. The van der Waals surface area contributed by atoms with E-state index in [4.69, 9.17) is 15.3 Å². The van der Waals surface area contributed by atoms with Crippen LogP contribution < -0.4 is 20.7 Å². The first-order valence-corrected chi connectivity index (χ1v) is 5.73. The molecule has 94 valence electrons. The zero-order valence-corrected chi connectivity index (χ0v) is 10.0. The molecule has 1 saturated carbocycles. The van der Waals surface area contributed by atoms with Gasteiger partial charge in [0, 0.05) is 0 Å². The van der Waals surface area contributed by atoms with Gasteiger partial charge >= 0.3 is 12.0 Å². The highest BCUT2D eigenvalue weighted by Gasteiger charge is 2.21. The summed E-state index contributed by atoms with van der Waals surface area (Å²) in [6.07, 6.45) is 3.46. The van der Waals surface area contributed by atoms with Crippen LogP contribution >= 0.6 is 0 Å². The van der Waals surface area contributed by atoms with Crippen LogP contribution in [-0.4, -0.2) is 27.2 Å². The monoisotopic (exact) mass is 239 g/mol. The summed E-state index contributed by atoms with van der Waals surface area (Å²) >= 11 is 0. The lowest BCUT2D eigenvalue weighted by Crippen LogP contribution is -2.26. The number of anilines is 1. The molecule has 0 amide bonds. The highest BCUT2D eigenvalue weighted by Crippen LogP contribution is 2.24. The number of ether oxygens (including phenoxy) is 2. The van der Waals surface area contributed by atoms with Crippen molar-refractivity contribution in [2.75, 3.05) is 5.43 Å². The molecule has 3 N–H and O–H groups in total. The molecule has 0 bridgehead atoms. The van der Waals surface area contributed by atoms with Crippen LogP contribution in [0.1, 0.15) is 33.1 Å². The molecule has 17 heavy (non-hydrogen) atoms. The summed E-state index contributed by atoms with van der Waals surface area (Å²) in [6.45, 7) is 3.79. The number of hydrazine groups is 1. The van der Waals surface area contributed by atoms with E-state index >= 15 is 0 Å². The zero-order valence-electron chi connectivity index (χ0n) is 10.0. The smallest absolute Gasteiger partial charge is 0.324 e. The molecule has 1 aromatic heterocycles. The maximum Gasteiger partial charge on any atom is 0.324 e. The molecule has 7 heteroatoms. The van der Waals surface area contributed by atoms with Gasteiger partial charge in [0.15, 0.2) is 0 Å².